The highest BCUT2D eigenvalue weighted by molar-refractivity contribution is 6.04. The molecule has 1 aromatic carbocycles. The Kier molecular flexibility index (Phi) is 5.22. The first-order chi connectivity index (χ1) is 13.0. The topological polar surface area (TPSA) is 106 Å². The SMILES string of the molecule is CCN(CCN(C)c1cc(C#N)ccn1)C(=O)c1cccc2oc(=O)[nH]c12. The Hall–Kier alpha value is -3.60. The Balaban J connectivity index is 1.75. The lowest BCUT2D eigenvalue weighted by atomic mass is 10.1. The van der Waals surface area contributed by atoms with Crippen molar-refractivity contribution in [3.05, 3.63) is 58.2 Å². The van der Waals surface area contributed by atoms with E-state index in [1.165, 1.54) is 0 Å². The first kappa shape index (κ1) is 18.2. The number of hydrogen-bond acceptors (Lipinski definition) is 6. The van der Waals surface area contributed by atoms with Gasteiger partial charge in [0.25, 0.3) is 5.91 Å². The van der Waals surface area contributed by atoms with Crippen molar-refractivity contribution in [3.63, 3.8) is 0 Å². The fourth-order valence-corrected chi connectivity index (χ4v) is 2.81. The van der Waals surface area contributed by atoms with Crippen LogP contribution < -0.4 is 10.7 Å². The van der Waals surface area contributed by atoms with Crippen LogP contribution in [0.25, 0.3) is 11.1 Å². The number of carbonyl (C=O) groups is 1. The Morgan fingerprint density at radius 2 is 2.15 bits per heavy atom. The van der Waals surface area contributed by atoms with Crippen LogP contribution in [0.2, 0.25) is 0 Å². The van der Waals surface area contributed by atoms with Gasteiger partial charge in [-0.15, -0.1) is 0 Å². The summed E-state index contributed by atoms with van der Waals surface area (Å²) >= 11 is 0. The van der Waals surface area contributed by atoms with E-state index in [1.54, 1.807) is 41.4 Å². The molecule has 0 bridgehead atoms. The third-order valence-corrected chi connectivity index (χ3v) is 4.33. The van der Waals surface area contributed by atoms with Gasteiger partial charge in [-0.1, -0.05) is 6.07 Å². The molecule has 8 heteroatoms. The number of fused-ring (bicyclic) bond motifs is 1. The molecule has 2 aromatic heterocycles. The van der Waals surface area contributed by atoms with Gasteiger partial charge in [0.2, 0.25) is 0 Å². The first-order valence-corrected chi connectivity index (χ1v) is 8.52. The standard InChI is InChI=1S/C19H19N5O3/c1-3-24(10-9-23(2)16-11-13(12-20)7-8-21-16)18(25)14-5-4-6-15-17(14)22-19(26)27-15/h4-8,11H,3,9-10H2,1-2H3,(H,22,26). The van der Waals surface area contributed by atoms with E-state index in [2.05, 4.69) is 16.0 Å². The van der Waals surface area contributed by atoms with E-state index in [0.29, 0.717) is 47.7 Å². The number of benzene rings is 1. The third-order valence-electron chi connectivity index (χ3n) is 4.33. The summed E-state index contributed by atoms with van der Waals surface area (Å²) in [6.07, 6.45) is 1.59. The minimum absolute atomic E-state index is 0.188. The van der Waals surface area contributed by atoms with Gasteiger partial charge in [-0.05, 0) is 31.2 Å². The number of pyridine rings is 1. The number of nitrogens with zero attached hydrogens (tertiary/aromatic N) is 4. The molecule has 0 saturated carbocycles. The smallest absolute Gasteiger partial charge is 0.408 e. The van der Waals surface area contributed by atoms with Gasteiger partial charge < -0.3 is 14.2 Å². The molecule has 2 heterocycles. The zero-order valence-electron chi connectivity index (χ0n) is 15.1. The summed E-state index contributed by atoms with van der Waals surface area (Å²) < 4.78 is 5.03. The van der Waals surface area contributed by atoms with Gasteiger partial charge in [0.05, 0.1) is 22.7 Å². The van der Waals surface area contributed by atoms with Crippen molar-refractivity contribution in [2.45, 2.75) is 6.92 Å². The number of likely N-dealkylation sites (N-methyl/N-ethyl adjacent to an activating group) is 2. The monoisotopic (exact) mass is 365 g/mol. The number of aromatic nitrogens is 2. The predicted molar refractivity (Wildman–Crippen MR) is 101 cm³/mol. The van der Waals surface area contributed by atoms with E-state index in [1.807, 2.05) is 18.9 Å². The molecule has 0 spiro atoms. The lowest BCUT2D eigenvalue weighted by Gasteiger charge is -2.25. The van der Waals surface area contributed by atoms with E-state index in [0.717, 1.165) is 0 Å². The first-order valence-electron chi connectivity index (χ1n) is 8.52. The van der Waals surface area contributed by atoms with Crippen LogP contribution in [0.4, 0.5) is 5.82 Å². The van der Waals surface area contributed by atoms with Crippen LogP contribution in [0.15, 0.2) is 45.7 Å². The number of para-hydroxylation sites is 1. The highest BCUT2D eigenvalue weighted by atomic mass is 16.4. The van der Waals surface area contributed by atoms with Gasteiger partial charge >= 0.3 is 5.76 Å². The molecule has 27 heavy (non-hydrogen) atoms. The normalized spacial score (nSPS) is 10.6. The number of amides is 1. The summed E-state index contributed by atoms with van der Waals surface area (Å²) in [4.78, 5) is 34.8. The second-order valence-corrected chi connectivity index (χ2v) is 6.01. The predicted octanol–water partition coefficient (Wildman–Crippen LogP) is 1.99. The second kappa shape index (κ2) is 7.74. The van der Waals surface area contributed by atoms with E-state index in [-0.39, 0.29) is 5.91 Å². The molecular formula is C19H19N5O3. The van der Waals surface area contributed by atoms with Crippen LogP contribution in [0.1, 0.15) is 22.8 Å². The number of hydrogen-bond donors (Lipinski definition) is 1. The summed E-state index contributed by atoms with van der Waals surface area (Å²) in [5.74, 6) is -0.109. The van der Waals surface area contributed by atoms with E-state index in [4.69, 9.17) is 9.68 Å². The van der Waals surface area contributed by atoms with E-state index in [9.17, 15) is 9.59 Å². The Morgan fingerprint density at radius 1 is 1.33 bits per heavy atom. The van der Waals surface area contributed by atoms with Gasteiger partial charge in [0, 0.05) is 32.9 Å². The highest BCUT2D eigenvalue weighted by Crippen LogP contribution is 2.17. The molecule has 0 unspecified atom stereocenters. The van der Waals surface area contributed by atoms with Crippen molar-refractivity contribution in [1.82, 2.24) is 14.9 Å². The maximum Gasteiger partial charge on any atom is 0.417 e. The maximum atomic E-state index is 12.9. The molecular weight excluding hydrogens is 346 g/mol. The van der Waals surface area contributed by atoms with Crippen molar-refractivity contribution in [3.8, 4) is 6.07 Å². The van der Waals surface area contributed by atoms with Crippen LogP contribution in [0.3, 0.4) is 0 Å². The molecule has 1 amide bonds. The van der Waals surface area contributed by atoms with Gasteiger partial charge in [-0.25, -0.2) is 9.78 Å². The number of nitriles is 1. The Labute approximate surface area is 155 Å². The maximum absolute atomic E-state index is 12.9. The summed E-state index contributed by atoms with van der Waals surface area (Å²) in [6, 6.07) is 10.4. The largest absolute Gasteiger partial charge is 0.417 e. The minimum atomic E-state index is -0.587. The quantitative estimate of drug-likeness (QED) is 0.716. The summed E-state index contributed by atoms with van der Waals surface area (Å²) in [5, 5.41) is 9.01. The van der Waals surface area contributed by atoms with Crippen molar-refractivity contribution in [2.75, 3.05) is 31.6 Å². The van der Waals surface area contributed by atoms with Crippen molar-refractivity contribution in [1.29, 1.82) is 5.26 Å². The van der Waals surface area contributed by atoms with Crippen LogP contribution in [0, 0.1) is 11.3 Å². The zero-order chi connectivity index (χ0) is 19.4. The minimum Gasteiger partial charge on any atom is -0.408 e. The molecule has 1 N–H and O–H groups in total. The molecule has 0 saturated heterocycles. The number of anilines is 1. The second-order valence-electron chi connectivity index (χ2n) is 6.01. The molecule has 0 fully saturated rings. The zero-order valence-corrected chi connectivity index (χ0v) is 15.1. The molecule has 0 atom stereocenters. The average molecular weight is 365 g/mol. The molecule has 138 valence electrons. The van der Waals surface area contributed by atoms with Crippen LogP contribution in [0.5, 0.6) is 0 Å². The van der Waals surface area contributed by atoms with Gasteiger partial charge in [0.1, 0.15) is 5.82 Å². The molecule has 0 aliphatic carbocycles. The van der Waals surface area contributed by atoms with Gasteiger partial charge in [-0.3, -0.25) is 9.78 Å². The molecule has 0 aliphatic rings. The average Bonchev–Trinajstić information content (AvgIpc) is 3.08. The van der Waals surface area contributed by atoms with E-state index >= 15 is 0 Å². The Morgan fingerprint density at radius 3 is 2.89 bits per heavy atom. The summed E-state index contributed by atoms with van der Waals surface area (Å²) in [5.41, 5.74) is 1.69. The fourth-order valence-electron chi connectivity index (χ4n) is 2.81. The van der Waals surface area contributed by atoms with Crippen LogP contribution >= 0.6 is 0 Å². The summed E-state index contributed by atoms with van der Waals surface area (Å²) in [7, 11) is 1.86. The molecule has 3 aromatic rings. The number of carbonyl (C=O) groups excluding carboxylic acids is 1. The number of nitrogens with one attached hydrogen (secondary N) is 1. The molecule has 8 nitrogen and oxygen atoms in total. The lowest BCUT2D eigenvalue weighted by molar-refractivity contribution is 0.0770. The van der Waals surface area contributed by atoms with E-state index < -0.39 is 5.76 Å². The number of rotatable bonds is 6. The fraction of sp³-hybridized carbons (Fsp3) is 0.263. The van der Waals surface area contributed by atoms with Gasteiger partial charge in [-0.2, -0.15) is 5.26 Å². The van der Waals surface area contributed by atoms with Crippen LogP contribution in [-0.2, 0) is 0 Å². The van der Waals surface area contributed by atoms with Crippen molar-refractivity contribution in [2.24, 2.45) is 0 Å². The van der Waals surface area contributed by atoms with Gasteiger partial charge in [0.15, 0.2) is 5.58 Å². The van der Waals surface area contributed by atoms with Crippen LogP contribution in [-0.4, -0.2) is 47.5 Å². The van der Waals surface area contributed by atoms with Crippen molar-refractivity contribution < 1.29 is 9.21 Å². The molecule has 0 aliphatic heterocycles. The Bertz CT molecular complexity index is 1060. The highest BCUT2D eigenvalue weighted by Gasteiger charge is 2.19. The lowest BCUT2D eigenvalue weighted by Crippen LogP contribution is -2.37. The number of aromatic amines is 1. The molecule has 0 radical (unpaired) electrons. The number of oxazole rings is 1. The summed E-state index contributed by atoms with van der Waals surface area (Å²) in [6.45, 7) is 3.41. The number of H-pyrrole nitrogens is 1. The third kappa shape index (κ3) is 3.82. The molecule has 3 rings (SSSR count). The van der Waals surface area contributed by atoms with Crippen molar-refractivity contribution >= 4 is 22.8 Å².